The Hall–Kier alpha value is -8.56. The number of fused-ring (bicyclic) bond motifs is 7. The van der Waals surface area contributed by atoms with Gasteiger partial charge in [0.2, 0.25) is 6.71 Å². The molecule has 0 radical (unpaired) electrons. The lowest BCUT2D eigenvalue weighted by Gasteiger charge is -2.49. The van der Waals surface area contributed by atoms with Gasteiger partial charge >= 0.3 is 0 Å². The minimum absolute atomic E-state index is 0.0122. The van der Waals surface area contributed by atoms with E-state index < -0.39 is 8.07 Å². The third kappa shape index (κ3) is 6.52. The standard InChI is InChI=1S/C63H42BN5SSi/c1-6-22-43(23-7-1)61-65-62(44-24-8-2-9-25-44)67-63(66-61)45-38-40-47(41-39-45)68-53-35-19-20-36-55(53)70-60-54(68)42-57-58-59(60)69(46-26-10-3-11-27-46)52-34-18-16-32-50(52)64(58)51-33-17-21-37-56(51)71(57,48-28-12-4-13-29-48)49-30-14-5-15-31-49/h1-42H. The maximum absolute atomic E-state index is 5.11. The zero-order valence-corrected chi connectivity index (χ0v) is 40.3. The molecule has 0 unspecified atom stereocenters. The Morgan fingerprint density at radius 1 is 0.366 bits per heavy atom. The summed E-state index contributed by atoms with van der Waals surface area (Å²) in [6.45, 7) is 0.0122. The topological polar surface area (TPSA) is 45.2 Å². The van der Waals surface area contributed by atoms with Gasteiger partial charge in [-0.25, -0.2) is 15.0 Å². The molecule has 0 atom stereocenters. The second-order valence-electron chi connectivity index (χ2n) is 18.3. The first-order valence-corrected chi connectivity index (χ1v) is 27.0. The highest BCUT2D eigenvalue weighted by Gasteiger charge is 2.54. The molecule has 3 aliphatic rings. The van der Waals surface area contributed by atoms with E-state index in [9.17, 15) is 0 Å². The lowest BCUT2D eigenvalue weighted by Crippen LogP contribution is -2.87. The van der Waals surface area contributed by atoms with E-state index in [1.54, 1.807) is 0 Å². The largest absolute Gasteiger partial charge is 0.310 e. The molecule has 1 aromatic heterocycles. The summed E-state index contributed by atoms with van der Waals surface area (Å²) >= 11 is 1.89. The van der Waals surface area contributed by atoms with Crippen LogP contribution in [0, 0.1) is 0 Å². The predicted octanol–water partition coefficient (Wildman–Crippen LogP) is 10.8. The number of para-hydroxylation sites is 3. The monoisotopic (exact) mass is 939 g/mol. The zero-order chi connectivity index (χ0) is 46.9. The highest BCUT2D eigenvalue weighted by molar-refractivity contribution is 8.00. The van der Waals surface area contributed by atoms with Gasteiger partial charge in [-0.2, -0.15) is 0 Å². The molecule has 11 aromatic rings. The zero-order valence-electron chi connectivity index (χ0n) is 38.5. The van der Waals surface area contributed by atoms with E-state index in [0.717, 1.165) is 39.4 Å². The van der Waals surface area contributed by atoms with Crippen molar-refractivity contribution in [3.63, 3.8) is 0 Å². The first-order valence-electron chi connectivity index (χ1n) is 24.1. The van der Waals surface area contributed by atoms with E-state index in [2.05, 4.69) is 228 Å². The number of hydrogen-bond donors (Lipinski definition) is 0. The van der Waals surface area contributed by atoms with Gasteiger partial charge in [-0.3, -0.25) is 0 Å². The van der Waals surface area contributed by atoms with E-state index in [4.69, 9.17) is 15.0 Å². The van der Waals surface area contributed by atoms with Crippen molar-refractivity contribution in [3.8, 4) is 34.2 Å². The molecule has 0 aliphatic carbocycles. The number of rotatable bonds is 7. The normalized spacial score (nSPS) is 13.6. The summed E-state index contributed by atoms with van der Waals surface area (Å²) in [7, 11) is -3.07. The van der Waals surface area contributed by atoms with Crippen LogP contribution >= 0.6 is 11.8 Å². The lowest BCUT2D eigenvalue weighted by molar-refractivity contribution is 1.07. The summed E-state index contributed by atoms with van der Waals surface area (Å²) in [6, 6.07) is 93.0. The molecule has 0 spiro atoms. The predicted molar refractivity (Wildman–Crippen MR) is 298 cm³/mol. The van der Waals surface area contributed by atoms with Crippen LogP contribution in [-0.4, -0.2) is 29.7 Å². The van der Waals surface area contributed by atoms with Crippen molar-refractivity contribution < 1.29 is 0 Å². The summed E-state index contributed by atoms with van der Waals surface area (Å²) in [6.07, 6.45) is 0. The molecular formula is C63H42BN5SSi. The van der Waals surface area contributed by atoms with Gasteiger partial charge in [-0.15, -0.1) is 0 Å². The maximum atomic E-state index is 5.11. The number of aromatic nitrogens is 3. The van der Waals surface area contributed by atoms with Gasteiger partial charge in [0.05, 0.1) is 22.0 Å². The number of hydrogen-bond acceptors (Lipinski definition) is 6. The Morgan fingerprint density at radius 2 is 0.831 bits per heavy atom. The summed E-state index contributed by atoms with van der Waals surface area (Å²) in [5.41, 5.74) is 13.8. The van der Waals surface area contributed by atoms with Crippen LogP contribution in [0.3, 0.4) is 0 Å². The lowest BCUT2D eigenvalue weighted by atomic mass is 9.34. The molecule has 3 aliphatic heterocycles. The van der Waals surface area contributed by atoms with Gasteiger partial charge in [-0.1, -0.05) is 211 Å². The third-order valence-corrected chi connectivity index (χ3v) is 20.5. The highest BCUT2D eigenvalue weighted by atomic mass is 32.2. The van der Waals surface area contributed by atoms with Crippen molar-refractivity contribution in [2.45, 2.75) is 9.79 Å². The highest BCUT2D eigenvalue weighted by Crippen LogP contribution is 2.56. The van der Waals surface area contributed by atoms with Crippen LogP contribution in [0.2, 0.25) is 0 Å². The van der Waals surface area contributed by atoms with E-state index in [1.165, 1.54) is 58.3 Å². The van der Waals surface area contributed by atoms with Crippen molar-refractivity contribution in [3.05, 3.63) is 255 Å². The molecule has 0 saturated heterocycles. The fraction of sp³-hybridized carbons (Fsp3) is 0. The first-order chi connectivity index (χ1) is 35.2. The van der Waals surface area contributed by atoms with Crippen molar-refractivity contribution in [1.29, 1.82) is 0 Å². The van der Waals surface area contributed by atoms with Crippen LogP contribution < -0.4 is 46.9 Å². The molecule has 0 N–H and O–H groups in total. The molecule has 5 nitrogen and oxygen atoms in total. The smallest absolute Gasteiger partial charge is 0.246 e. The van der Waals surface area contributed by atoms with Crippen LogP contribution in [0.25, 0.3) is 34.2 Å². The summed E-state index contributed by atoms with van der Waals surface area (Å²) in [4.78, 5) is 22.7. The molecule has 332 valence electrons. The molecule has 0 fully saturated rings. The van der Waals surface area contributed by atoms with E-state index in [-0.39, 0.29) is 6.71 Å². The Labute approximate surface area is 418 Å². The van der Waals surface area contributed by atoms with Gasteiger partial charge in [0.1, 0.15) is 0 Å². The average molecular weight is 940 g/mol. The van der Waals surface area contributed by atoms with Crippen LogP contribution in [0.5, 0.6) is 0 Å². The van der Waals surface area contributed by atoms with Crippen molar-refractivity contribution >= 4 is 97.8 Å². The van der Waals surface area contributed by atoms with Gasteiger partial charge in [0, 0.05) is 38.6 Å². The van der Waals surface area contributed by atoms with Gasteiger partial charge in [0.25, 0.3) is 0 Å². The molecule has 0 bridgehead atoms. The van der Waals surface area contributed by atoms with Crippen LogP contribution in [0.1, 0.15) is 0 Å². The molecule has 0 amide bonds. The second-order valence-corrected chi connectivity index (χ2v) is 23.0. The Bertz CT molecular complexity index is 3710. The van der Waals surface area contributed by atoms with E-state index >= 15 is 0 Å². The molecule has 4 heterocycles. The van der Waals surface area contributed by atoms with Crippen LogP contribution in [0.15, 0.2) is 265 Å². The minimum atomic E-state index is -3.07. The molecule has 10 aromatic carbocycles. The van der Waals surface area contributed by atoms with Crippen molar-refractivity contribution in [2.24, 2.45) is 0 Å². The number of nitrogens with zero attached hydrogens (tertiary/aromatic N) is 5. The third-order valence-electron chi connectivity index (χ3n) is 14.4. The maximum Gasteiger partial charge on any atom is 0.246 e. The molecule has 0 saturated carbocycles. The van der Waals surface area contributed by atoms with Gasteiger partial charge in [0.15, 0.2) is 25.5 Å². The van der Waals surface area contributed by atoms with E-state index in [0.29, 0.717) is 17.5 Å². The Balaban J connectivity index is 1.05. The molecular weight excluding hydrogens is 898 g/mol. The van der Waals surface area contributed by atoms with Crippen molar-refractivity contribution in [1.82, 2.24) is 15.0 Å². The minimum Gasteiger partial charge on any atom is -0.310 e. The molecule has 14 rings (SSSR count). The fourth-order valence-electron chi connectivity index (χ4n) is 11.5. The molecule has 71 heavy (non-hydrogen) atoms. The number of benzene rings is 10. The van der Waals surface area contributed by atoms with Crippen LogP contribution in [-0.2, 0) is 0 Å². The summed E-state index contributed by atoms with van der Waals surface area (Å²) < 4.78 is 0. The molecule has 8 heteroatoms. The fourth-order valence-corrected chi connectivity index (χ4v) is 17.9. The quantitative estimate of drug-likeness (QED) is 0.148. The average Bonchev–Trinajstić information content (AvgIpc) is 3.46. The van der Waals surface area contributed by atoms with Crippen LogP contribution in [0.4, 0.5) is 34.1 Å². The van der Waals surface area contributed by atoms with Crippen molar-refractivity contribution in [2.75, 3.05) is 9.80 Å². The number of anilines is 6. The van der Waals surface area contributed by atoms with Gasteiger partial charge in [-0.05, 0) is 92.3 Å². The van der Waals surface area contributed by atoms with E-state index in [1.807, 2.05) is 48.2 Å². The Kier molecular flexibility index (Phi) is 9.83. The SMILES string of the molecule is c1ccc(-c2nc(-c3ccccc3)nc(-c3ccc(N4c5ccccc5Sc5c4cc4c6c5N(c5ccccc5)c5ccccc5B6c5ccccc5[Si]4(c4ccccc4)c4ccccc4)cc3)n2)cc1. The first kappa shape index (κ1) is 41.4. The van der Waals surface area contributed by atoms with Gasteiger partial charge < -0.3 is 9.80 Å². The summed E-state index contributed by atoms with van der Waals surface area (Å²) in [5, 5.41) is 5.58. The Morgan fingerprint density at radius 3 is 1.44 bits per heavy atom. The summed E-state index contributed by atoms with van der Waals surface area (Å²) in [5.74, 6) is 1.91. The second kappa shape index (κ2) is 16.8.